The van der Waals surface area contributed by atoms with Crippen LogP contribution < -0.4 is 5.32 Å². The van der Waals surface area contributed by atoms with Crippen LogP contribution in [-0.4, -0.2) is 13.0 Å². The van der Waals surface area contributed by atoms with Gasteiger partial charge in [0.05, 0.1) is 13.0 Å². The number of nitrogens with one attached hydrogen (secondary N) is 1. The molecule has 2 aromatic rings. The lowest BCUT2D eigenvalue weighted by Crippen LogP contribution is -2.24. The Morgan fingerprint density at radius 1 is 1.21 bits per heavy atom. The molecule has 0 unspecified atom stereocenters. The fourth-order valence-corrected chi connectivity index (χ4v) is 2.56. The van der Waals surface area contributed by atoms with Gasteiger partial charge in [0.1, 0.15) is 0 Å². The number of ether oxygens (including phenoxy) is 1. The van der Waals surface area contributed by atoms with E-state index in [0.717, 1.165) is 16.0 Å². The highest BCUT2D eigenvalue weighted by Gasteiger charge is 2.06. The Bertz CT molecular complexity index is 523. The van der Waals surface area contributed by atoms with Gasteiger partial charge in [-0.3, -0.25) is 4.79 Å². The lowest BCUT2D eigenvalue weighted by molar-refractivity contribution is -0.120. The number of hydrogen-bond donors (Lipinski definition) is 1. The molecule has 0 spiro atoms. The van der Waals surface area contributed by atoms with E-state index < -0.39 is 0 Å². The molecule has 0 atom stereocenters. The van der Waals surface area contributed by atoms with Crippen LogP contribution in [0, 0.1) is 0 Å². The van der Waals surface area contributed by atoms with Crippen LogP contribution in [0.25, 0.3) is 0 Å². The molecule has 1 aromatic heterocycles. The summed E-state index contributed by atoms with van der Waals surface area (Å²) in [5.41, 5.74) is 2.21. The molecule has 19 heavy (non-hydrogen) atoms. The fourth-order valence-electron chi connectivity index (χ4n) is 1.85. The van der Waals surface area contributed by atoms with E-state index in [4.69, 9.17) is 4.74 Å². The van der Waals surface area contributed by atoms with Crippen molar-refractivity contribution in [3.05, 3.63) is 57.8 Å². The van der Waals surface area contributed by atoms with Gasteiger partial charge in [-0.2, -0.15) is 0 Å². The second-order valence-corrected chi connectivity index (χ2v) is 5.27. The van der Waals surface area contributed by atoms with Crippen LogP contribution >= 0.6 is 11.3 Å². The monoisotopic (exact) mass is 275 g/mol. The SMILES string of the molecule is COCc1ccccc1CNC(=O)Cc1cccs1. The quantitative estimate of drug-likeness (QED) is 0.880. The average molecular weight is 275 g/mol. The first-order valence-electron chi connectivity index (χ1n) is 6.14. The third kappa shape index (κ3) is 4.19. The van der Waals surface area contributed by atoms with E-state index in [1.807, 2.05) is 41.8 Å². The Morgan fingerprint density at radius 3 is 2.68 bits per heavy atom. The maximum absolute atomic E-state index is 11.8. The zero-order valence-electron chi connectivity index (χ0n) is 10.9. The number of amides is 1. The van der Waals surface area contributed by atoms with Gasteiger partial charge in [-0.1, -0.05) is 30.3 Å². The molecule has 0 aliphatic carbocycles. The van der Waals surface area contributed by atoms with Crippen molar-refractivity contribution in [1.82, 2.24) is 5.32 Å². The summed E-state index contributed by atoms with van der Waals surface area (Å²) in [5, 5.41) is 4.93. The summed E-state index contributed by atoms with van der Waals surface area (Å²) in [5.74, 6) is 0.0506. The number of benzene rings is 1. The van der Waals surface area contributed by atoms with Crippen LogP contribution in [0.1, 0.15) is 16.0 Å². The van der Waals surface area contributed by atoms with E-state index in [1.54, 1.807) is 18.4 Å². The molecular formula is C15H17NO2S. The van der Waals surface area contributed by atoms with E-state index in [-0.39, 0.29) is 5.91 Å². The molecule has 0 aliphatic heterocycles. The number of thiophene rings is 1. The summed E-state index contributed by atoms with van der Waals surface area (Å²) < 4.78 is 5.15. The van der Waals surface area contributed by atoms with Crippen LogP contribution in [0.15, 0.2) is 41.8 Å². The van der Waals surface area contributed by atoms with Gasteiger partial charge in [-0.05, 0) is 22.6 Å². The molecule has 0 saturated carbocycles. The molecule has 4 heteroatoms. The van der Waals surface area contributed by atoms with E-state index in [1.165, 1.54) is 0 Å². The van der Waals surface area contributed by atoms with Gasteiger partial charge >= 0.3 is 0 Å². The van der Waals surface area contributed by atoms with Gasteiger partial charge in [0.15, 0.2) is 0 Å². The van der Waals surface area contributed by atoms with Gasteiger partial charge in [-0.25, -0.2) is 0 Å². The van der Waals surface area contributed by atoms with Crippen LogP contribution in [0.5, 0.6) is 0 Å². The molecule has 1 N–H and O–H groups in total. The van der Waals surface area contributed by atoms with Crippen LogP contribution in [0.2, 0.25) is 0 Å². The minimum Gasteiger partial charge on any atom is -0.380 e. The Hall–Kier alpha value is -1.65. The number of rotatable bonds is 6. The summed E-state index contributed by atoms with van der Waals surface area (Å²) in [6.45, 7) is 1.11. The minimum absolute atomic E-state index is 0.0506. The highest BCUT2D eigenvalue weighted by atomic mass is 32.1. The summed E-state index contributed by atoms with van der Waals surface area (Å²) in [6, 6.07) is 11.9. The lowest BCUT2D eigenvalue weighted by Gasteiger charge is -2.09. The molecule has 1 amide bonds. The normalized spacial score (nSPS) is 10.4. The maximum atomic E-state index is 11.8. The van der Waals surface area contributed by atoms with Crippen molar-refractivity contribution in [1.29, 1.82) is 0 Å². The van der Waals surface area contributed by atoms with Crippen molar-refractivity contribution in [2.45, 2.75) is 19.6 Å². The third-order valence-corrected chi connectivity index (χ3v) is 3.69. The number of carbonyl (C=O) groups excluding carboxylic acids is 1. The number of methoxy groups -OCH3 is 1. The third-order valence-electron chi connectivity index (χ3n) is 2.81. The highest BCUT2D eigenvalue weighted by molar-refractivity contribution is 7.10. The largest absolute Gasteiger partial charge is 0.380 e. The summed E-state index contributed by atoms with van der Waals surface area (Å²) in [4.78, 5) is 12.9. The molecular weight excluding hydrogens is 258 g/mol. The average Bonchev–Trinajstić information content (AvgIpc) is 2.91. The summed E-state index contributed by atoms with van der Waals surface area (Å²) in [6.07, 6.45) is 0.449. The molecule has 100 valence electrons. The van der Waals surface area contributed by atoms with Crippen molar-refractivity contribution in [3.8, 4) is 0 Å². The Labute approximate surface area is 117 Å². The number of hydrogen-bond acceptors (Lipinski definition) is 3. The van der Waals surface area contributed by atoms with Crippen molar-refractivity contribution >= 4 is 17.2 Å². The zero-order valence-corrected chi connectivity index (χ0v) is 11.7. The molecule has 1 heterocycles. The predicted molar refractivity (Wildman–Crippen MR) is 77.0 cm³/mol. The van der Waals surface area contributed by atoms with E-state index in [0.29, 0.717) is 19.6 Å². The minimum atomic E-state index is 0.0506. The predicted octanol–water partition coefficient (Wildman–Crippen LogP) is 2.75. The van der Waals surface area contributed by atoms with Crippen LogP contribution in [0.3, 0.4) is 0 Å². The molecule has 0 saturated heterocycles. The fraction of sp³-hybridized carbons (Fsp3) is 0.267. The Balaban J connectivity index is 1.89. The van der Waals surface area contributed by atoms with Gasteiger partial charge in [0.25, 0.3) is 0 Å². The smallest absolute Gasteiger partial charge is 0.225 e. The number of carbonyl (C=O) groups is 1. The molecule has 0 fully saturated rings. The van der Waals surface area contributed by atoms with Crippen molar-refractivity contribution in [2.24, 2.45) is 0 Å². The Kier molecular flexibility index (Phi) is 5.12. The van der Waals surface area contributed by atoms with Crippen molar-refractivity contribution in [3.63, 3.8) is 0 Å². The Morgan fingerprint density at radius 2 is 2.00 bits per heavy atom. The molecule has 0 radical (unpaired) electrons. The lowest BCUT2D eigenvalue weighted by atomic mass is 10.1. The van der Waals surface area contributed by atoms with Gasteiger partial charge in [0, 0.05) is 18.5 Å². The van der Waals surface area contributed by atoms with Gasteiger partial charge in [-0.15, -0.1) is 11.3 Å². The van der Waals surface area contributed by atoms with Crippen molar-refractivity contribution in [2.75, 3.05) is 7.11 Å². The summed E-state index contributed by atoms with van der Waals surface area (Å²) in [7, 11) is 1.67. The van der Waals surface area contributed by atoms with Crippen LogP contribution in [0.4, 0.5) is 0 Å². The molecule has 1 aromatic carbocycles. The topological polar surface area (TPSA) is 38.3 Å². The van der Waals surface area contributed by atoms with Gasteiger partial charge in [0.2, 0.25) is 5.91 Å². The highest BCUT2D eigenvalue weighted by Crippen LogP contribution is 2.11. The molecule has 3 nitrogen and oxygen atoms in total. The van der Waals surface area contributed by atoms with Crippen LogP contribution in [-0.2, 0) is 29.1 Å². The standard InChI is InChI=1S/C15H17NO2S/c1-18-11-13-6-3-2-5-12(13)10-16-15(17)9-14-7-4-8-19-14/h2-8H,9-11H2,1H3,(H,16,17). The van der Waals surface area contributed by atoms with E-state index >= 15 is 0 Å². The van der Waals surface area contributed by atoms with Crippen molar-refractivity contribution < 1.29 is 9.53 Å². The molecule has 0 bridgehead atoms. The first-order valence-corrected chi connectivity index (χ1v) is 7.02. The second-order valence-electron chi connectivity index (χ2n) is 4.23. The first-order chi connectivity index (χ1) is 9.29. The first kappa shape index (κ1) is 13.8. The zero-order chi connectivity index (χ0) is 13.5. The second kappa shape index (κ2) is 7.07. The van der Waals surface area contributed by atoms with Gasteiger partial charge < -0.3 is 10.1 Å². The molecule has 0 aliphatic rings. The van der Waals surface area contributed by atoms with E-state index in [2.05, 4.69) is 5.32 Å². The molecule has 2 rings (SSSR count). The summed E-state index contributed by atoms with van der Waals surface area (Å²) >= 11 is 1.60. The van der Waals surface area contributed by atoms with E-state index in [9.17, 15) is 4.79 Å². The maximum Gasteiger partial charge on any atom is 0.225 e.